The van der Waals surface area contributed by atoms with Crippen molar-refractivity contribution in [2.75, 3.05) is 24.4 Å². The number of aryl methyl sites for hydroxylation is 1. The third kappa shape index (κ3) is 4.40. The van der Waals surface area contributed by atoms with Gasteiger partial charge < -0.3 is 24.6 Å². The Kier molecular flexibility index (Phi) is 6.32. The second-order valence-electron chi connectivity index (χ2n) is 7.44. The van der Waals surface area contributed by atoms with Gasteiger partial charge in [0.25, 0.3) is 5.91 Å². The molecule has 33 heavy (non-hydrogen) atoms. The van der Waals surface area contributed by atoms with Crippen molar-refractivity contribution in [2.45, 2.75) is 19.9 Å². The van der Waals surface area contributed by atoms with Gasteiger partial charge in [-0.15, -0.1) is 0 Å². The normalized spacial score (nSPS) is 15.8. The SMILES string of the molecule is COc1ccc(C2NC(=S)N(c3ccccc3)C(C)=C2C(=O)Nc2cc(C)on2)cc1OC. The zero-order valence-electron chi connectivity index (χ0n) is 18.7. The minimum Gasteiger partial charge on any atom is -0.493 e. The minimum absolute atomic E-state index is 0.323. The summed E-state index contributed by atoms with van der Waals surface area (Å²) in [5, 5.41) is 10.5. The highest BCUT2D eigenvalue weighted by Gasteiger charge is 2.35. The molecule has 3 aromatic rings. The number of thiocarbonyl (C=S) groups is 1. The molecule has 9 heteroatoms. The van der Waals surface area contributed by atoms with Crippen LogP contribution in [0.3, 0.4) is 0 Å². The largest absolute Gasteiger partial charge is 0.493 e. The molecular formula is C24H24N4O4S. The molecule has 0 saturated heterocycles. The van der Waals surface area contributed by atoms with Gasteiger partial charge in [0.1, 0.15) is 5.76 Å². The van der Waals surface area contributed by atoms with E-state index in [2.05, 4.69) is 15.8 Å². The highest BCUT2D eigenvalue weighted by atomic mass is 32.1. The number of para-hydroxylation sites is 1. The average molecular weight is 465 g/mol. The lowest BCUT2D eigenvalue weighted by Gasteiger charge is -2.38. The Morgan fingerprint density at radius 3 is 2.45 bits per heavy atom. The molecular weight excluding hydrogens is 440 g/mol. The highest BCUT2D eigenvalue weighted by Crippen LogP contribution is 2.37. The van der Waals surface area contributed by atoms with Crippen molar-refractivity contribution in [2.24, 2.45) is 0 Å². The summed E-state index contributed by atoms with van der Waals surface area (Å²) in [5.41, 5.74) is 2.83. The molecule has 4 rings (SSSR count). The Morgan fingerprint density at radius 1 is 1.09 bits per heavy atom. The summed E-state index contributed by atoms with van der Waals surface area (Å²) in [7, 11) is 3.14. The Balaban J connectivity index is 1.82. The third-order valence-corrected chi connectivity index (χ3v) is 5.65. The molecule has 170 valence electrons. The molecule has 1 atom stereocenters. The van der Waals surface area contributed by atoms with Crippen molar-refractivity contribution in [3.63, 3.8) is 0 Å². The van der Waals surface area contributed by atoms with Crippen LogP contribution in [0.5, 0.6) is 11.5 Å². The van der Waals surface area contributed by atoms with Crippen LogP contribution in [0.1, 0.15) is 24.3 Å². The second kappa shape index (κ2) is 9.33. The van der Waals surface area contributed by atoms with E-state index in [1.54, 1.807) is 33.3 Å². The molecule has 1 aliphatic rings. The first kappa shape index (κ1) is 22.3. The first-order chi connectivity index (χ1) is 15.9. The number of ether oxygens (including phenoxy) is 2. The molecule has 0 radical (unpaired) electrons. The first-order valence-electron chi connectivity index (χ1n) is 10.3. The fourth-order valence-electron chi connectivity index (χ4n) is 3.82. The van der Waals surface area contributed by atoms with Crippen molar-refractivity contribution in [1.82, 2.24) is 10.5 Å². The Bertz CT molecular complexity index is 1220. The predicted octanol–water partition coefficient (Wildman–Crippen LogP) is 4.35. The van der Waals surface area contributed by atoms with Gasteiger partial charge in [-0.3, -0.25) is 9.69 Å². The van der Waals surface area contributed by atoms with Crippen LogP contribution < -0.4 is 25.0 Å². The minimum atomic E-state index is -0.523. The van der Waals surface area contributed by atoms with E-state index in [0.717, 1.165) is 11.3 Å². The van der Waals surface area contributed by atoms with E-state index < -0.39 is 6.04 Å². The number of nitrogens with zero attached hydrogens (tertiary/aromatic N) is 2. The summed E-state index contributed by atoms with van der Waals surface area (Å²) < 4.78 is 15.9. The number of carbonyl (C=O) groups excluding carboxylic acids is 1. The zero-order chi connectivity index (χ0) is 23.5. The van der Waals surface area contributed by atoms with E-state index >= 15 is 0 Å². The van der Waals surface area contributed by atoms with Gasteiger partial charge in [-0.25, -0.2) is 0 Å². The number of rotatable bonds is 6. The molecule has 0 bridgehead atoms. The predicted molar refractivity (Wildman–Crippen MR) is 130 cm³/mol. The Morgan fingerprint density at radius 2 is 1.82 bits per heavy atom. The van der Waals surface area contributed by atoms with Gasteiger partial charge in [-0.05, 0) is 55.9 Å². The molecule has 1 unspecified atom stereocenters. The molecule has 2 aromatic carbocycles. The molecule has 1 aliphatic heterocycles. The van der Waals surface area contributed by atoms with Gasteiger partial charge in [0.05, 0.1) is 25.8 Å². The number of hydrogen-bond donors (Lipinski definition) is 2. The smallest absolute Gasteiger partial charge is 0.257 e. The summed E-state index contributed by atoms with van der Waals surface area (Å²) in [5.74, 6) is 1.76. The monoisotopic (exact) mass is 464 g/mol. The number of carbonyl (C=O) groups is 1. The average Bonchev–Trinajstić information content (AvgIpc) is 3.23. The molecule has 1 aromatic heterocycles. The lowest BCUT2D eigenvalue weighted by atomic mass is 9.93. The van der Waals surface area contributed by atoms with Crippen molar-refractivity contribution < 1.29 is 18.8 Å². The molecule has 8 nitrogen and oxygen atoms in total. The number of hydrogen-bond acceptors (Lipinski definition) is 6. The van der Waals surface area contributed by atoms with Gasteiger partial charge in [0.2, 0.25) is 0 Å². The lowest BCUT2D eigenvalue weighted by Crippen LogP contribution is -2.48. The van der Waals surface area contributed by atoms with Crippen LogP contribution in [-0.2, 0) is 4.79 Å². The number of benzene rings is 2. The number of methoxy groups -OCH3 is 2. The van der Waals surface area contributed by atoms with Crippen LogP contribution in [0, 0.1) is 6.92 Å². The van der Waals surface area contributed by atoms with Crippen LogP contribution in [0.25, 0.3) is 0 Å². The molecule has 0 saturated carbocycles. The Hall–Kier alpha value is -3.85. The summed E-state index contributed by atoms with van der Waals surface area (Å²) in [6.07, 6.45) is 0. The van der Waals surface area contributed by atoms with E-state index in [9.17, 15) is 4.79 Å². The maximum atomic E-state index is 13.5. The van der Waals surface area contributed by atoms with Gasteiger partial charge in [0, 0.05) is 17.5 Å². The molecule has 0 spiro atoms. The van der Waals surface area contributed by atoms with Crippen LogP contribution >= 0.6 is 12.2 Å². The van der Waals surface area contributed by atoms with Crippen LogP contribution in [-0.4, -0.2) is 30.4 Å². The third-order valence-electron chi connectivity index (χ3n) is 5.35. The van der Waals surface area contributed by atoms with E-state index in [1.165, 1.54) is 0 Å². The lowest BCUT2D eigenvalue weighted by molar-refractivity contribution is -0.113. The number of aromatic nitrogens is 1. The Labute approximate surface area is 197 Å². The van der Waals surface area contributed by atoms with Crippen LogP contribution in [0.2, 0.25) is 0 Å². The van der Waals surface area contributed by atoms with Crippen LogP contribution in [0.15, 0.2) is 70.4 Å². The number of anilines is 2. The fraction of sp³-hybridized carbons (Fsp3) is 0.208. The summed E-state index contributed by atoms with van der Waals surface area (Å²) in [6.45, 7) is 3.63. The standard InChI is InChI=1S/C24H24N4O4S/c1-14-12-20(27-32-14)25-23(29)21-15(2)28(17-8-6-5-7-9-17)24(33)26-22(21)16-10-11-18(30-3)19(13-16)31-4/h5-13,22H,1-4H3,(H,26,33)(H,25,27,29). The topological polar surface area (TPSA) is 88.9 Å². The maximum Gasteiger partial charge on any atom is 0.257 e. The molecule has 0 aliphatic carbocycles. The highest BCUT2D eigenvalue weighted by molar-refractivity contribution is 7.80. The van der Waals surface area contributed by atoms with Gasteiger partial charge >= 0.3 is 0 Å². The second-order valence-corrected chi connectivity index (χ2v) is 7.83. The van der Waals surface area contributed by atoms with E-state index in [0.29, 0.717) is 39.5 Å². The van der Waals surface area contributed by atoms with Crippen molar-refractivity contribution in [3.05, 3.63) is 77.2 Å². The van der Waals surface area contributed by atoms with Gasteiger partial charge in [0.15, 0.2) is 22.4 Å². The molecule has 0 fully saturated rings. The molecule has 2 N–H and O–H groups in total. The summed E-state index contributed by atoms with van der Waals surface area (Å²) in [4.78, 5) is 15.4. The first-order valence-corrected chi connectivity index (χ1v) is 10.7. The quantitative estimate of drug-likeness (QED) is 0.521. The zero-order valence-corrected chi connectivity index (χ0v) is 19.5. The van der Waals surface area contributed by atoms with Gasteiger partial charge in [-0.2, -0.15) is 0 Å². The number of amides is 1. The van der Waals surface area contributed by atoms with Gasteiger partial charge in [-0.1, -0.05) is 29.4 Å². The number of nitrogens with one attached hydrogen (secondary N) is 2. The molecule has 2 heterocycles. The van der Waals surface area contributed by atoms with Crippen molar-refractivity contribution in [3.8, 4) is 11.5 Å². The van der Waals surface area contributed by atoms with E-state index in [4.69, 9.17) is 26.2 Å². The van der Waals surface area contributed by atoms with E-state index in [1.807, 2.05) is 54.3 Å². The molecule has 1 amide bonds. The summed E-state index contributed by atoms with van der Waals surface area (Å²) in [6, 6.07) is 16.3. The maximum absolute atomic E-state index is 13.5. The van der Waals surface area contributed by atoms with Crippen LogP contribution in [0.4, 0.5) is 11.5 Å². The van der Waals surface area contributed by atoms with E-state index in [-0.39, 0.29) is 5.91 Å². The van der Waals surface area contributed by atoms with Crippen molar-refractivity contribution in [1.29, 1.82) is 0 Å². The fourth-order valence-corrected chi connectivity index (χ4v) is 4.18. The number of allylic oxidation sites excluding steroid dienone is 1. The summed E-state index contributed by atoms with van der Waals surface area (Å²) >= 11 is 5.71. The van der Waals surface area contributed by atoms with Crippen molar-refractivity contribution >= 4 is 34.7 Å².